The minimum absolute atomic E-state index is 0.0182. The molecule has 32 heavy (non-hydrogen) atoms. The van der Waals surface area contributed by atoms with Gasteiger partial charge in [-0.3, -0.25) is 14.9 Å². The molecule has 0 saturated carbocycles. The number of nitro groups is 1. The average Bonchev–Trinajstić information content (AvgIpc) is 3.19. The molecular formula is C20H16F2N4O6. The van der Waals surface area contributed by atoms with E-state index >= 15 is 0 Å². The number of halogens is 2. The molecule has 0 spiro atoms. The number of carbonyl (C=O) groups is 2. The lowest BCUT2D eigenvalue weighted by atomic mass is 10.3. The van der Waals surface area contributed by atoms with Crippen LogP contribution >= 0.6 is 0 Å². The Morgan fingerprint density at radius 3 is 2.50 bits per heavy atom. The summed E-state index contributed by atoms with van der Waals surface area (Å²) in [7, 11) is 0. The van der Waals surface area contributed by atoms with Crippen molar-refractivity contribution >= 4 is 23.3 Å². The molecule has 0 atom stereocenters. The van der Waals surface area contributed by atoms with E-state index < -0.39 is 35.0 Å². The number of benzene rings is 2. The molecule has 166 valence electrons. The van der Waals surface area contributed by atoms with Crippen molar-refractivity contribution < 1.29 is 32.8 Å². The van der Waals surface area contributed by atoms with E-state index in [9.17, 15) is 28.5 Å². The zero-order valence-electron chi connectivity index (χ0n) is 16.6. The largest absolute Gasteiger partial charge is 0.480 e. The summed E-state index contributed by atoms with van der Waals surface area (Å²) in [5.74, 6) is -3.77. The van der Waals surface area contributed by atoms with Crippen molar-refractivity contribution in [2.45, 2.75) is 6.92 Å². The van der Waals surface area contributed by atoms with Gasteiger partial charge in [-0.15, -0.1) is 0 Å². The monoisotopic (exact) mass is 446 g/mol. The third kappa shape index (κ3) is 5.22. The Labute approximate surface area is 179 Å². The molecule has 0 bridgehead atoms. The summed E-state index contributed by atoms with van der Waals surface area (Å²) in [6, 6.07) is 8.20. The average molecular weight is 446 g/mol. The van der Waals surface area contributed by atoms with E-state index in [4.69, 9.17) is 9.47 Å². The van der Waals surface area contributed by atoms with Crippen molar-refractivity contribution in [3.05, 3.63) is 76.1 Å². The number of non-ortho nitro benzene ring substituents is 1. The Balaban J connectivity index is 1.77. The molecule has 1 aromatic heterocycles. The molecule has 0 aliphatic rings. The predicted molar refractivity (Wildman–Crippen MR) is 107 cm³/mol. The van der Waals surface area contributed by atoms with Gasteiger partial charge >= 0.3 is 5.97 Å². The SMILES string of the molecule is CCOC(=O)c1nn(-c2ccc([N+](=O)[O-])cc2)cc1OCC(=O)Nc1ccc(F)c(F)c1. The van der Waals surface area contributed by atoms with Gasteiger partial charge in [-0.2, -0.15) is 5.10 Å². The third-order valence-corrected chi connectivity index (χ3v) is 4.04. The Morgan fingerprint density at radius 1 is 1.16 bits per heavy atom. The predicted octanol–water partition coefficient (Wildman–Crippen LogP) is 3.25. The first kappa shape index (κ1) is 22.3. The van der Waals surface area contributed by atoms with Crippen LogP contribution in [0.2, 0.25) is 0 Å². The molecule has 3 rings (SSSR count). The van der Waals surface area contributed by atoms with E-state index in [0.717, 1.165) is 12.1 Å². The highest BCUT2D eigenvalue weighted by Crippen LogP contribution is 2.22. The van der Waals surface area contributed by atoms with Crippen LogP contribution in [-0.4, -0.2) is 39.8 Å². The van der Waals surface area contributed by atoms with E-state index in [1.54, 1.807) is 6.92 Å². The van der Waals surface area contributed by atoms with E-state index in [0.29, 0.717) is 5.69 Å². The molecule has 1 heterocycles. The van der Waals surface area contributed by atoms with E-state index in [2.05, 4.69) is 10.4 Å². The molecule has 1 amide bonds. The number of carbonyl (C=O) groups excluding carboxylic acids is 2. The fourth-order valence-electron chi connectivity index (χ4n) is 2.58. The molecule has 12 heteroatoms. The Bertz CT molecular complexity index is 1160. The van der Waals surface area contributed by atoms with E-state index in [1.807, 2.05) is 0 Å². The Hall–Kier alpha value is -4.35. The summed E-state index contributed by atoms with van der Waals surface area (Å²) in [6.45, 7) is 1.09. The summed E-state index contributed by atoms with van der Waals surface area (Å²) >= 11 is 0. The lowest BCUT2D eigenvalue weighted by Gasteiger charge is -2.07. The van der Waals surface area contributed by atoms with Crippen LogP contribution in [0.3, 0.4) is 0 Å². The number of nitrogens with zero attached hydrogens (tertiary/aromatic N) is 3. The summed E-state index contributed by atoms with van der Waals surface area (Å²) in [4.78, 5) is 34.6. The fraction of sp³-hybridized carbons (Fsp3) is 0.150. The minimum Gasteiger partial charge on any atom is -0.480 e. The first-order valence-corrected chi connectivity index (χ1v) is 9.17. The van der Waals surface area contributed by atoms with Crippen molar-refractivity contribution in [1.29, 1.82) is 0 Å². The number of nitrogens with one attached hydrogen (secondary N) is 1. The van der Waals surface area contributed by atoms with Crippen molar-refractivity contribution in [1.82, 2.24) is 9.78 Å². The van der Waals surface area contributed by atoms with E-state index in [-0.39, 0.29) is 29.4 Å². The van der Waals surface area contributed by atoms with Crippen LogP contribution in [0.25, 0.3) is 5.69 Å². The number of amides is 1. The highest BCUT2D eigenvalue weighted by Gasteiger charge is 2.21. The van der Waals surface area contributed by atoms with Gasteiger partial charge in [0, 0.05) is 23.9 Å². The number of nitro benzene ring substituents is 1. The quantitative estimate of drug-likeness (QED) is 0.320. The normalized spacial score (nSPS) is 10.5. The van der Waals surface area contributed by atoms with Crippen molar-refractivity contribution in [2.24, 2.45) is 0 Å². The molecule has 0 aliphatic carbocycles. The van der Waals surface area contributed by atoms with Crippen LogP contribution in [0, 0.1) is 21.7 Å². The standard InChI is InChI=1S/C20H16F2N4O6/c1-2-31-20(28)19-17(10-25(24-19)13-4-6-14(7-5-13)26(29)30)32-11-18(27)23-12-3-8-15(21)16(22)9-12/h3-10H,2,11H2,1H3,(H,23,27). The van der Waals surface area contributed by atoms with Crippen LogP contribution in [0.1, 0.15) is 17.4 Å². The molecule has 0 unspecified atom stereocenters. The molecule has 0 saturated heterocycles. The first-order chi connectivity index (χ1) is 15.3. The summed E-state index contributed by atoms with van der Waals surface area (Å²) in [5, 5.41) is 17.2. The maximum Gasteiger partial charge on any atom is 0.362 e. The molecule has 2 aromatic carbocycles. The Kier molecular flexibility index (Phi) is 6.73. The number of hydrogen-bond donors (Lipinski definition) is 1. The van der Waals surface area contributed by atoms with Gasteiger partial charge in [0.15, 0.2) is 24.0 Å². The summed E-state index contributed by atoms with van der Waals surface area (Å²) < 4.78 is 37.8. The van der Waals surface area contributed by atoms with Gasteiger partial charge in [0.25, 0.3) is 11.6 Å². The maximum absolute atomic E-state index is 13.3. The lowest BCUT2D eigenvalue weighted by Crippen LogP contribution is -2.21. The number of ether oxygens (including phenoxy) is 2. The second-order valence-corrected chi connectivity index (χ2v) is 6.25. The minimum atomic E-state index is -1.13. The van der Waals surface area contributed by atoms with Crippen LogP contribution in [0.5, 0.6) is 5.75 Å². The molecule has 10 nitrogen and oxygen atoms in total. The molecule has 1 N–H and O–H groups in total. The van der Waals surface area contributed by atoms with Crippen molar-refractivity contribution in [3.63, 3.8) is 0 Å². The van der Waals surface area contributed by atoms with E-state index in [1.165, 1.54) is 41.2 Å². The van der Waals surface area contributed by atoms with Crippen molar-refractivity contribution in [2.75, 3.05) is 18.5 Å². The lowest BCUT2D eigenvalue weighted by molar-refractivity contribution is -0.384. The summed E-state index contributed by atoms with van der Waals surface area (Å²) in [5.41, 5.74) is 0.0645. The first-order valence-electron chi connectivity index (χ1n) is 9.17. The molecule has 0 fully saturated rings. The molecule has 3 aromatic rings. The van der Waals surface area contributed by atoms with Gasteiger partial charge in [-0.1, -0.05) is 0 Å². The number of anilines is 1. The van der Waals surface area contributed by atoms with Crippen LogP contribution < -0.4 is 10.1 Å². The van der Waals surface area contributed by atoms with Gasteiger partial charge in [-0.25, -0.2) is 18.3 Å². The highest BCUT2D eigenvalue weighted by molar-refractivity contribution is 5.93. The third-order valence-electron chi connectivity index (χ3n) is 4.04. The van der Waals surface area contributed by atoms with Gasteiger partial charge < -0.3 is 14.8 Å². The van der Waals surface area contributed by atoms with Gasteiger partial charge in [-0.05, 0) is 31.2 Å². The smallest absolute Gasteiger partial charge is 0.362 e. The second-order valence-electron chi connectivity index (χ2n) is 6.25. The molecular weight excluding hydrogens is 430 g/mol. The number of rotatable bonds is 8. The maximum atomic E-state index is 13.3. The zero-order valence-corrected chi connectivity index (χ0v) is 16.6. The Morgan fingerprint density at radius 2 is 1.88 bits per heavy atom. The molecule has 0 aliphatic heterocycles. The fourth-order valence-corrected chi connectivity index (χ4v) is 2.58. The van der Waals surface area contributed by atoms with Crippen LogP contribution in [0.15, 0.2) is 48.7 Å². The second kappa shape index (κ2) is 9.64. The highest BCUT2D eigenvalue weighted by atomic mass is 19.2. The topological polar surface area (TPSA) is 126 Å². The van der Waals surface area contributed by atoms with Crippen molar-refractivity contribution in [3.8, 4) is 11.4 Å². The van der Waals surface area contributed by atoms with Gasteiger partial charge in [0.2, 0.25) is 5.69 Å². The zero-order chi connectivity index (χ0) is 23.3. The summed E-state index contributed by atoms with van der Waals surface area (Å²) in [6.07, 6.45) is 1.30. The van der Waals surface area contributed by atoms with Crippen LogP contribution in [-0.2, 0) is 9.53 Å². The number of hydrogen-bond acceptors (Lipinski definition) is 7. The number of aromatic nitrogens is 2. The molecule has 0 radical (unpaired) electrons. The van der Waals surface area contributed by atoms with Gasteiger partial charge in [0.05, 0.1) is 23.4 Å². The number of esters is 1. The van der Waals surface area contributed by atoms with Crippen LogP contribution in [0.4, 0.5) is 20.2 Å². The van der Waals surface area contributed by atoms with Gasteiger partial charge in [0.1, 0.15) is 0 Å².